The topological polar surface area (TPSA) is 33.0 Å². The first-order valence-electron chi connectivity index (χ1n) is 7.57. The number of rotatable bonds is 0. The molecule has 0 N–H and O–H groups in total. The van der Waals surface area contributed by atoms with E-state index in [2.05, 4.69) is 51.1 Å². The zero-order valence-corrected chi connectivity index (χ0v) is 12.2. The van der Waals surface area contributed by atoms with Gasteiger partial charge in [-0.1, -0.05) is 45.0 Å². The highest BCUT2D eigenvalue weighted by Gasteiger charge is 2.96. The number of hydrogen-bond donors (Lipinski definition) is 0. The first-order chi connectivity index (χ1) is 9.49. The summed E-state index contributed by atoms with van der Waals surface area (Å²) >= 11 is 0. The molecule has 0 aromatic heterocycles. The minimum Gasteiger partial charge on any atom is -0.380 e. The van der Waals surface area contributed by atoms with Gasteiger partial charge in [0.15, 0.2) is 0 Å². The molecule has 2 nitrogen and oxygen atoms in total. The average molecular weight is 265 g/mol. The van der Waals surface area contributed by atoms with Crippen molar-refractivity contribution < 1.29 is 4.74 Å². The zero-order chi connectivity index (χ0) is 14.0. The van der Waals surface area contributed by atoms with Crippen molar-refractivity contribution in [2.24, 2.45) is 22.2 Å². The van der Waals surface area contributed by atoms with Crippen LogP contribution in [-0.2, 0) is 10.2 Å². The lowest BCUT2D eigenvalue weighted by atomic mass is 9.58. The van der Waals surface area contributed by atoms with E-state index in [-0.39, 0.29) is 21.7 Å². The Morgan fingerprint density at radius 3 is 2.70 bits per heavy atom. The normalized spacial score (nSPS) is 52.1. The molecule has 0 amide bonds. The Morgan fingerprint density at radius 2 is 1.95 bits per heavy atom. The zero-order valence-electron chi connectivity index (χ0n) is 12.2. The Balaban J connectivity index is 1.90. The van der Waals surface area contributed by atoms with Crippen LogP contribution in [0.1, 0.15) is 37.8 Å². The van der Waals surface area contributed by atoms with Crippen molar-refractivity contribution in [1.82, 2.24) is 0 Å². The molecule has 1 aromatic carbocycles. The summed E-state index contributed by atoms with van der Waals surface area (Å²) in [5.74, 6) is 0.993. The molecule has 1 saturated heterocycles. The van der Waals surface area contributed by atoms with Crippen molar-refractivity contribution in [1.29, 1.82) is 5.26 Å². The van der Waals surface area contributed by atoms with Gasteiger partial charge in [0.1, 0.15) is 0 Å². The summed E-state index contributed by atoms with van der Waals surface area (Å²) in [7, 11) is 0. The molecule has 0 bridgehead atoms. The smallest absolute Gasteiger partial charge is 0.0954 e. The summed E-state index contributed by atoms with van der Waals surface area (Å²) in [5, 5.41) is 10.1. The molecule has 1 heterocycles. The molecule has 5 atom stereocenters. The van der Waals surface area contributed by atoms with Gasteiger partial charge in [0.25, 0.3) is 0 Å². The number of ether oxygens (including phenoxy) is 1. The molecule has 5 rings (SSSR count). The largest absolute Gasteiger partial charge is 0.380 e. The number of hydrogen-bond acceptors (Lipinski definition) is 2. The minimum absolute atomic E-state index is 0.0667. The average Bonchev–Trinajstić information content (AvgIpc) is 2.67. The first-order valence-corrected chi connectivity index (χ1v) is 7.57. The molecule has 2 heteroatoms. The van der Waals surface area contributed by atoms with Gasteiger partial charge in [-0.25, -0.2) is 0 Å². The highest BCUT2D eigenvalue weighted by molar-refractivity contribution is 5.66. The maximum atomic E-state index is 10.1. The lowest BCUT2D eigenvalue weighted by molar-refractivity contribution is 0.0415. The maximum Gasteiger partial charge on any atom is 0.0954 e. The molecule has 1 aromatic rings. The highest BCUT2D eigenvalue weighted by atomic mass is 16.5. The number of fused-ring (bicyclic) bond motifs is 3. The fourth-order valence-electron chi connectivity index (χ4n) is 6.64. The van der Waals surface area contributed by atoms with Crippen molar-refractivity contribution in [3.05, 3.63) is 35.4 Å². The van der Waals surface area contributed by atoms with Gasteiger partial charge in [0, 0.05) is 16.7 Å². The molecule has 4 aliphatic rings. The Kier molecular flexibility index (Phi) is 1.53. The lowest BCUT2D eigenvalue weighted by Gasteiger charge is -2.44. The predicted octanol–water partition coefficient (Wildman–Crippen LogP) is 3.24. The number of nitrogens with zero attached hydrogens (tertiary/aromatic N) is 1. The molecular formula is C18H19NO. The molecule has 5 unspecified atom stereocenters. The second-order valence-electron chi connectivity index (χ2n) is 7.98. The Bertz CT molecular complexity index is 702. The predicted molar refractivity (Wildman–Crippen MR) is 75.1 cm³/mol. The van der Waals surface area contributed by atoms with Gasteiger partial charge in [-0.2, -0.15) is 5.26 Å². The van der Waals surface area contributed by atoms with E-state index in [1.807, 2.05) is 0 Å². The Hall–Kier alpha value is -1.33. The maximum absolute atomic E-state index is 10.1. The fraction of sp³-hybridized carbons (Fsp3) is 0.611. The van der Waals surface area contributed by atoms with Gasteiger partial charge in [-0.15, -0.1) is 0 Å². The fourth-order valence-corrected chi connectivity index (χ4v) is 6.64. The third kappa shape index (κ3) is 0.679. The van der Waals surface area contributed by atoms with Crippen LogP contribution in [0.15, 0.2) is 24.3 Å². The molecule has 1 aliphatic heterocycles. The van der Waals surface area contributed by atoms with Gasteiger partial charge >= 0.3 is 0 Å². The van der Waals surface area contributed by atoms with E-state index in [1.165, 1.54) is 11.1 Å². The second kappa shape index (κ2) is 2.70. The highest BCUT2D eigenvalue weighted by Crippen LogP contribution is 2.95. The van der Waals surface area contributed by atoms with E-state index in [1.54, 1.807) is 0 Å². The molecular weight excluding hydrogens is 246 g/mol. The number of benzene rings is 1. The van der Waals surface area contributed by atoms with Crippen molar-refractivity contribution in [3.8, 4) is 6.07 Å². The van der Waals surface area contributed by atoms with Gasteiger partial charge < -0.3 is 4.74 Å². The first kappa shape index (κ1) is 11.3. The third-order valence-electron chi connectivity index (χ3n) is 7.75. The van der Waals surface area contributed by atoms with E-state index in [9.17, 15) is 5.26 Å². The van der Waals surface area contributed by atoms with E-state index in [0.29, 0.717) is 11.8 Å². The van der Waals surface area contributed by atoms with Crippen LogP contribution in [0.25, 0.3) is 0 Å². The molecule has 102 valence electrons. The van der Waals surface area contributed by atoms with Crippen LogP contribution in [0.2, 0.25) is 0 Å². The Morgan fingerprint density at radius 1 is 1.20 bits per heavy atom. The van der Waals surface area contributed by atoms with Crippen LogP contribution >= 0.6 is 0 Å². The second-order valence-corrected chi connectivity index (χ2v) is 7.98. The van der Waals surface area contributed by atoms with Crippen molar-refractivity contribution >= 4 is 0 Å². The quantitative estimate of drug-likeness (QED) is 0.721. The van der Waals surface area contributed by atoms with Crippen LogP contribution in [-0.4, -0.2) is 13.2 Å². The summed E-state index contributed by atoms with van der Waals surface area (Å²) in [6.07, 6.45) is 0. The van der Waals surface area contributed by atoms with Gasteiger partial charge in [0.2, 0.25) is 0 Å². The van der Waals surface area contributed by atoms with Crippen LogP contribution in [0.3, 0.4) is 0 Å². The lowest BCUT2D eigenvalue weighted by Crippen LogP contribution is -2.43. The van der Waals surface area contributed by atoms with Crippen molar-refractivity contribution in [2.75, 3.05) is 13.2 Å². The van der Waals surface area contributed by atoms with Gasteiger partial charge in [0.05, 0.1) is 24.7 Å². The number of nitriles is 1. The summed E-state index contributed by atoms with van der Waals surface area (Å²) in [6.45, 7) is 8.74. The molecule has 0 radical (unpaired) electrons. The molecule has 2 saturated carbocycles. The van der Waals surface area contributed by atoms with E-state index < -0.39 is 0 Å². The molecule has 3 aliphatic carbocycles. The molecule has 20 heavy (non-hydrogen) atoms. The van der Waals surface area contributed by atoms with Gasteiger partial charge in [-0.05, 0) is 22.5 Å². The monoisotopic (exact) mass is 265 g/mol. The van der Waals surface area contributed by atoms with Crippen molar-refractivity contribution in [2.45, 2.75) is 32.1 Å². The van der Waals surface area contributed by atoms with E-state index >= 15 is 0 Å². The minimum atomic E-state index is -0.269. The Labute approximate surface area is 119 Å². The van der Waals surface area contributed by atoms with Crippen LogP contribution in [0.4, 0.5) is 0 Å². The van der Waals surface area contributed by atoms with Gasteiger partial charge in [-0.3, -0.25) is 0 Å². The molecule has 3 fully saturated rings. The third-order valence-corrected chi connectivity index (χ3v) is 7.75. The SMILES string of the molecule is CC1(C)C2c3ccccc3C3(C#N)C2C32COCC12C. The van der Waals surface area contributed by atoms with Crippen LogP contribution < -0.4 is 0 Å². The standard InChI is InChI=1S/C18H19NO/c1-15(2)13-11-6-4-5-7-12(11)17(8-19)14(13)18(17)10-20-9-16(15,18)3/h4-7,13-14H,9-10H2,1-3H3. The van der Waals surface area contributed by atoms with E-state index in [0.717, 1.165) is 13.2 Å². The van der Waals surface area contributed by atoms with Crippen LogP contribution in [0, 0.1) is 33.5 Å². The summed E-state index contributed by atoms with van der Waals surface area (Å²) < 4.78 is 5.94. The summed E-state index contributed by atoms with van der Waals surface area (Å²) in [5.41, 5.74) is 2.85. The van der Waals surface area contributed by atoms with Crippen LogP contribution in [0.5, 0.6) is 0 Å². The van der Waals surface area contributed by atoms with E-state index in [4.69, 9.17) is 4.74 Å². The summed E-state index contributed by atoms with van der Waals surface area (Å²) in [4.78, 5) is 0. The van der Waals surface area contributed by atoms with Crippen molar-refractivity contribution in [3.63, 3.8) is 0 Å². The summed E-state index contributed by atoms with van der Waals surface area (Å²) in [6, 6.07) is 11.4. The molecule has 1 spiro atoms.